The first-order chi connectivity index (χ1) is 15.0. The zero-order valence-electron chi connectivity index (χ0n) is 18.8. The smallest absolute Gasteiger partial charge is 0.223 e. The van der Waals surface area contributed by atoms with E-state index in [0.717, 1.165) is 49.6 Å². The van der Waals surface area contributed by atoms with Gasteiger partial charge in [-0.15, -0.1) is 0 Å². The van der Waals surface area contributed by atoms with Crippen LogP contribution in [0.15, 0.2) is 36.4 Å². The van der Waals surface area contributed by atoms with Gasteiger partial charge in [0.2, 0.25) is 5.91 Å². The molecule has 2 aromatic rings. The minimum absolute atomic E-state index is 0.0245. The van der Waals surface area contributed by atoms with E-state index in [1.165, 1.54) is 16.7 Å². The van der Waals surface area contributed by atoms with Crippen LogP contribution < -0.4 is 19.5 Å². The molecule has 0 saturated heterocycles. The van der Waals surface area contributed by atoms with Crippen LogP contribution in [-0.2, 0) is 17.8 Å². The minimum Gasteiger partial charge on any atom is -0.497 e. The maximum atomic E-state index is 12.5. The van der Waals surface area contributed by atoms with E-state index in [-0.39, 0.29) is 23.9 Å². The summed E-state index contributed by atoms with van der Waals surface area (Å²) in [5.41, 5.74) is 3.66. The van der Waals surface area contributed by atoms with Gasteiger partial charge < -0.3 is 19.5 Å². The SMILES string of the molecule is COc1ccc(CN2CCc3cc(OC)c(OC)cc3C2C(C)NC(=O)C2CC2)cc1. The number of nitrogens with one attached hydrogen (secondary N) is 1. The second-order valence-corrected chi connectivity index (χ2v) is 8.49. The molecule has 1 heterocycles. The molecule has 1 aliphatic heterocycles. The number of rotatable bonds is 8. The summed E-state index contributed by atoms with van der Waals surface area (Å²) in [5.74, 6) is 2.68. The Morgan fingerprint density at radius 2 is 1.74 bits per heavy atom. The van der Waals surface area contributed by atoms with Crippen LogP contribution in [0.2, 0.25) is 0 Å². The Morgan fingerprint density at radius 1 is 1.06 bits per heavy atom. The fraction of sp³-hybridized carbons (Fsp3) is 0.480. The monoisotopic (exact) mass is 424 g/mol. The molecule has 166 valence electrons. The van der Waals surface area contributed by atoms with E-state index in [0.29, 0.717) is 0 Å². The van der Waals surface area contributed by atoms with Gasteiger partial charge in [0, 0.05) is 25.0 Å². The van der Waals surface area contributed by atoms with Gasteiger partial charge in [-0.2, -0.15) is 0 Å². The number of hydrogen-bond donors (Lipinski definition) is 1. The first-order valence-corrected chi connectivity index (χ1v) is 11.0. The van der Waals surface area contributed by atoms with E-state index in [9.17, 15) is 4.79 Å². The fourth-order valence-electron chi connectivity index (χ4n) is 4.52. The summed E-state index contributed by atoms with van der Waals surface area (Å²) in [6, 6.07) is 12.4. The third kappa shape index (κ3) is 4.64. The first-order valence-electron chi connectivity index (χ1n) is 11.0. The number of hydrogen-bond acceptors (Lipinski definition) is 5. The van der Waals surface area contributed by atoms with Crippen molar-refractivity contribution in [2.45, 2.75) is 44.8 Å². The van der Waals surface area contributed by atoms with Gasteiger partial charge in [0.05, 0.1) is 27.4 Å². The van der Waals surface area contributed by atoms with Gasteiger partial charge in [-0.1, -0.05) is 12.1 Å². The van der Waals surface area contributed by atoms with Gasteiger partial charge in [0.1, 0.15) is 5.75 Å². The summed E-state index contributed by atoms with van der Waals surface area (Å²) >= 11 is 0. The van der Waals surface area contributed by atoms with Crippen molar-refractivity contribution in [3.8, 4) is 17.2 Å². The molecule has 1 fully saturated rings. The third-order valence-corrected chi connectivity index (χ3v) is 6.36. The molecule has 1 saturated carbocycles. The molecule has 2 unspecified atom stereocenters. The van der Waals surface area contributed by atoms with E-state index in [1.54, 1.807) is 21.3 Å². The number of nitrogens with zero attached hydrogens (tertiary/aromatic N) is 1. The van der Waals surface area contributed by atoms with Gasteiger partial charge in [-0.25, -0.2) is 0 Å². The first kappa shape index (κ1) is 21.5. The predicted octanol–water partition coefficient (Wildman–Crippen LogP) is 3.73. The van der Waals surface area contributed by atoms with Crippen molar-refractivity contribution in [2.24, 2.45) is 5.92 Å². The molecule has 0 radical (unpaired) electrons. The molecule has 6 nitrogen and oxygen atoms in total. The molecule has 2 atom stereocenters. The Kier molecular flexibility index (Phi) is 6.37. The second-order valence-electron chi connectivity index (χ2n) is 8.49. The Bertz CT molecular complexity index is 924. The van der Waals surface area contributed by atoms with Crippen LogP contribution in [0.1, 0.15) is 42.5 Å². The molecular weight excluding hydrogens is 392 g/mol. The van der Waals surface area contributed by atoms with Crippen molar-refractivity contribution in [3.05, 3.63) is 53.1 Å². The molecule has 0 aromatic heterocycles. The Hall–Kier alpha value is -2.73. The van der Waals surface area contributed by atoms with Crippen LogP contribution in [0.3, 0.4) is 0 Å². The Balaban J connectivity index is 1.65. The number of amides is 1. The summed E-state index contributed by atoms with van der Waals surface area (Å²) in [5, 5.41) is 3.28. The molecular formula is C25H32N2O4. The van der Waals surface area contributed by atoms with Crippen molar-refractivity contribution in [1.29, 1.82) is 0 Å². The van der Waals surface area contributed by atoms with Crippen molar-refractivity contribution < 1.29 is 19.0 Å². The number of carbonyl (C=O) groups excluding carboxylic acids is 1. The van der Waals surface area contributed by atoms with E-state index in [1.807, 2.05) is 12.1 Å². The maximum absolute atomic E-state index is 12.5. The second kappa shape index (κ2) is 9.18. The van der Waals surface area contributed by atoms with Gasteiger partial charge in [0.25, 0.3) is 0 Å². The van der Waals surface area contributed by atoms with Crippen molar-refractivity contribution in [1.82, 2.24) is 10.2 Å². The molecule has 0 spiro atoms. The van der Waals surface area contributed by atoms with E-state index < -0.39 is 0 Å². The quantitative estimate of drug-likeness (QED) is 0.700. The lowest BCUT2D eigenvalue weighted by atomic mass is 9.87. The molecule has 2 aliphatic rings. The van der Waals surface area contributed by atoms with Crippen LogP contribution in [0.25, 0.3) is 0 Å². The van der Waals surface area contributed by atoms with E-state index >= 15 is 0 Å². The van der Waals surface area contributed by atoms with Gasteiger partial charge in [0.15, 0.2) is 11.5 Å². The lowest BCUT2D eigenvalue weighted by Crippen LogP contribution is -2.47. The number of carbonyl (C=O) groups is 1. The summed E-state index contributed by atoms with van der Waals surface area (Å²) in [6.45, 7) is 3.81. The molecule has 1 amide bonds. The Morgan fingerprint density at radius 3 is 2.35 bits per heavy atom. The zero-order valence-corrected chi connectivity index (χ0v) is 18.8. The molecule has 2 aromatic carbocycles. The van der Waals surface area contributed by atoms with E-state index in [2.05, 4.69) is 41.4 Å². The third-order valence-electron chi connectivity index (χ3n) is 6.36. The lowest BCUT2D eigenvalue weighted by molar-refractivity contribution is -0.123. The van der Waals surface area contributed by atoms with Crippen molar-refractivity contribution >= 4 is 5.91 Å². The summed E-state index contributed by atoms with van der Waals surface area (Å²) in [4.78, 5) is 15.0. The topological polar surface area (TPSA) is 60.0 Å². The van der Waals surface area contributed by atoms with Crippen molar-refractivity contribution in [3.63, 3.8) is 0 Å². The van der Waals surface area contributed by atoms with Gasteiger partial charge >= 0.3 is 0 Å². The highest BCUT2D eigenvalue weighted by molar-refractivity contribution is 5.81. The summed E-state index contributed by atoms with van der Waals surface area (Å²) < 4.78 is 16.4. The highest BCUT2D eigenvalue weighted by atomic mass is 16.5. The maximum Gasteiger partial charge on any atom is 0.223 e. The molecule has 6 heteroatoms. The average molecular weight is 425 g/mol. The molecule has 0 bridgehead atoms. The normalized spacial score (nSPS) is 19.3. The molecule has 31 heavy (non-hydrogen) atoms. The van der Waals surface area contributed by atoms with Crippen LogP contribution >= 0.6 is 0 Å². The summed E-state index contributed by atoms with van der Waals surface area (Å²) in [6.07, 6.45) is 2.92. The predicted molar refractivity (Wildman–Crippen MR) is 120 cm³/mol. The number of methoxy groups -OCH3 is 3. The highest BCUT2D eigenvalue weighted by Gasteiger charge is 2.36. The Labute approximate surface area is 184 Å². The molecule has 4 rings (SSSR count). The van der Waals surface area contributed by atoms with Crippen LogP contribution in [0.4, 0.5) is 0 Å². The lowest BCUT2D eigenvalue weighted by Gasteiger charge is -2.41. The fourth-order valence-corrected chi connectivity index (χ4v) is 4.52. The largest absolute Gasteiger partial charge is 0.497 e. The van der Waals surface area contributed by atoms with Crippen molar-refractivity contribution in [2.75, 3.05) is 27.9 Å². The van der Waals surface area contributed by atoms with Crippen LogP contribution in [0, 0.1) is 5.92 Å². The average Bonchev–Trinajstić information content (AvgIpc) is 3.64. The standard InChI is InChI=1S/C25H32N2O4/c1-16(26-25(28)18-7-8-18)24-21-14-23(31-4)22(30-3)13-19(21)11-12-27(24)15-17-5-9-20(29-2)10-6-17/h5-6,9-10,13-14,16,18,24H,7-8,11-12,15H2,1-4H3,(H,26,28). The zero-order chi connectivity index (χ0) is 22.0. The molecule has 1 aliphatic carbocycles. The minimum atomic E-state index is -0.0245. The summed E-state index contributed by atoms with van der Waals surface area (Å²) in [7, 11) is 5.01. The van der Waals surface area contributed by atoms with Crippen LogP contribution in [-0.4, -0.2) is 44.7 Å². The van der Waals surface area contributed by atoms with E-state index in [4.69, 9.17) is 14.2 Å². The van der Waals surface area contributed by atoms with Gasteiger partial charge in [-0.3, -0.25) is 9.69 Å². The highest BCUT2D eigenvalue weighted by Crippen LogP contribution is 2.40. The molecule has 1 N–H and O–H groups in total. The number of fused-ring (bicyclic) bond motifs is 1. The number of ether oxygens (including phenoxy) is 3. The van der Waals surface area contributed by atoms with Gasteiger partial charge in [-0.05, 0) is 67.1 Å². The number of benzene rings is 2. The van der Waals surface area contributed by atoms with Crippen LogP contribution in [0.5, 0.6) is 17.2 Å².